The molecule has 5 heteroatoms. The van der Waals surface area contributed by atoms with E-state index in [1.165, 1.54) is 0 Å². The molecule has 19 heavy (non-hydrogen) atoms. The number of hydrogen-bond acceptors (Lipinski definition) is 4. The van der Waals surface area contributed by atoms with Crippen molar-refractivity contribution in [3.63, 3.8) is 0 Å². The van der Waals surface area contributed by atoms with Crippen LogP contribution in [0, 0.1) is 0 Å². The van der Waals surface area contributed by atoms with Crippen LogP contribution in [0.5, 0.6) is 5.75 Å². The summed E-state index contributed by atoms with van der Waals surface area (Å²) in [6.45, 7) is 2.94. The van der Waals surface area contributed by atoms with Gasteiger partial charge in [0.05, 0.1) is 19.3 Å². The molecule has 3 N–H and O–H groups in total. The molecular weight excluding hydrogens is 240 g/mol. The quantitative estimate of drug-likeness (QED) is 0.612. The van der Waals surface area contributed by atoms with Crippen LogP contribution in [0.15, 0.2) is 36.7 Å². The van der Waals surface area contributed by atoms with E-state index in [0.717, 1.165) is 29.8 Å². The largest absolute Gasteiger partial charge is 0.496 e. The molecule has 0 aliphatic carbocycles. The molecule has 2 rings (SSSR count). The molecule has 0 saturated carbocycles. The van der Waals surface area contributed by atoms with E-state index in [1.54, 1.807) is 7.11 Å². The first kappa shape index (κ1) is 13.6. The number of rotatable bonds is 6. The maximum atomic E-state index is 5.68. The van der Waals surface area contributed by atoms with Gasteiger partial charge in [-0.3, -0.25) is 16.0 Å². The van der Waals surface area contributed by atoms with Crippen LogP contribution < -0.4 is 16.0 Å². The predicted octanol–water partition coefficient (Wildman–Crippen LogP) is 1.66. The van der Waals surface area contributed by atoms with Crippen LogP contribution in [-0.4, -0.2) is 16.9 Å². The lowest BCUT2D eigenvalue weighted by Gasteiger charge is -2.18. The van der Waals surface area contributed by atoms with E-state index in [1.807, 2.05) is 41.3 Å². The molecule has 0 fully saturated rings. The molecule has 1 aromatic carbocycles. The Morgan fingerprint density at radius 3 is 2.84 bits per heavy atom. The lowest BCUT2D eigenvalue weighted by molar-refractivity contribution is 0.399. The highest BCUT2D eigenvalue weighted by Gasteiger charge is 2.15. The van der Waals surface area contributed by atoms with Crippen LogP contribution in [0.3, 0.4) is 0 Å². The number of nitrogens with zero attached hydrogens (tertiary/aromatic N) is 2. The number of methoxy groups -OCH3 is 1. The van der Waals surface area contributed by atoms with Crippen molar-refractivity contribution in [3.05, 3.63) is 47.8 Å². The Bertz CT molecular complexity index is 524. The van der Waals surface area contributed by atoms with Crippen LogP contribution >= 0.6 is 0 Å². The number of aryl methyl sites for hydroxylation is 1. The highest BCUT2D eigenvalue weighted by molar-refractivity contribution is 5.36. The van der Waals surface area contributed by atoms with E-state index in [4.69, 9.17) is 10.6 Å². The Kier molecular flexibility index (Phi) is 4.54. The van der Waals surface area contributed by atoms with E-state index < -0.39 is 0 Å². The van der Waals surface area contributed by atoms with Gasteiger partial charge in [-0.2, -0.15) is 5.10 Å². The first-order chi connectivity index (χ1) is 9.28. The van der Waals surface area contributed by atoms with Crippen LogP contribution in [0.25, 0.3) is 0 Å². The zero-order chi connectivity index (χ0) is 13.7. The molecule has 1 aromatic heterocycles. The number of benzene rings is 1. The third-order valence-electron chi connectivity index (χ3n) is 3.17. The molecule has 0 spiro atoms. The van der Waals surface area contributed by atoms with Gasteiger partial charge in [-0.25, -0.2) is 0 Å². The molecule has 0 bridgehead atoms. The molecule has 0 saturated heterocycles. The van der Waals surface area contributed by atoms with Crippen molar-refractivity contribution in [3.8, 4) is 5.75 Å². The van der Waals surface area contributed by atoms with Crippen LogP contribution in [0.1, 0.15) is 24.1 Å². The lowest BCUT2D eigenvalue weighted by atomic mass is 10.0. The van der Waals surface area contributed by atoms with Crippen molar-refractivity contribution in [1.82, 2.24) is 15.2 Å². The van der Waals surface area contributed by atoms with Crippen LogP contribution in [-0.2, 0) is 13.0 Å². The van der Waals surface area contributed by atoms with Gasteiger partial charge in [-0.1, -0.05) is 18.2 Å². The number of para-hydroxylation sites is 1. The number of hydrogen-bond donors (Lipinski definition) is 2. The summed E-state index contributed by atoms with van der Waals surface area (Å²) in [6.07, 6.45) is 4.69. The summed E-state index contributed by atoms with van der Waals surface area (Å²) >= 11 is 0. The number of nitrogens with two attached hydrogens (primary N) is 1. The minimum Gasteiger partial charge on any atom is -0.496 e. The predicted molar refractivity (Wildman–Crippen MR) is 74.7 cm³/mol. The molecule has 0 amide bonds. The summed E-state index contributed by atoms with van der Waals surface area (Å²) in [6, 6.07) is 7.90. The topological polar surface area (TPSA) is 65.1 Å². The molecule has 102 valence electrons. The average Bonchev–Trinajstić information content (AvgIpc) is 2.92. The second-order valence-electron chi connectivity index (χ2n) is 4.37. The fourth-order valence-electron chi connectivity index (χ4n) is 2.13. The number of aromatic nitrogens is 2. The van der Waals surface area contributed by atoms with E-state index in [2.05, 4.69) is 17.4 Å². The molecule has 5 nitrogen and oxygen atoms in total. The highest BCUT2D eigenvalue weighted by atomic mass is 16.5. The van der Waals surface area contributed by atoms with Gasteiger partial charge in [0.2, 0.25) is 0 Å². The summed E-state index contributed by atoms with van der Waals surface area (Å²) in [7, 11) is 1.67. The summed E-state index contributed by atoms with van der Waals surface area (Å²) in [5.74, 6) is 6.52. The van der Waals surface area contributed by atoms with Crippen molar-refractivity contribution in [2.75, 3.05) is 7.11 Å². The maximum absolute atomic E-state index is 5.68. The van der Waals surface area contributed by atoms with Gasteiger partial charge in [0.15, 0.2) is 0 Å². The van der Waals surface area contributed by atoms with Crippen LogP contribution in [0.2, 0.25) is 0 Å². The number of ether oxygens (including phenoxy) is 1. The van der Waals surface area contributed by atoms with Gasteiger partial charge < -0.3 is 4.74 Å². The Labute approximate surface area is 113 Å². The van der Waals surface area contributed by atoms with Crippen LogP contribution in [0.4, 0.5) is 0 Å². The SMILES string of the molecule is CCn1cc(CC(NN)c2ccccc2OC)cn1. The normalized spacial score (nSPS) is 12.4. The molecule has 0 radical (unpaired) electrons. The Morgan fingerprint density at radius 1 is 1.42 bits per heavy atom. The van der Waals surface area contributed by atoms with E-state index in [-0.39, 0.29) is 6.04 Å². The maximum Gasteiger partial charge on any atom is 0.123 e. The highest BCUT2D eigenvalue weighted by Crippen LogP contribution is 2.26. The Balaban J connectivity index is 2.19. The van der Waals surface area contributed by atoms with Crippen molar-refractivity contribution in [2.24, 2.45) is 5.84 Å². The average molecular weight is 260 g/mol. The standard InChI is InChI=1S/C14H20N4O/c1-3-18-10-11(9-16-18)8-13(17-15)12-6-4-5-7-14(12)19-2/h4-7,9-10,13,17H,3,8,15H2,1-2H3. The second kappa shape index (κ2) is 6.36. The minimum absolute atomic E-state index is 0.00524. The smallest absolute Gasteiger partial charge is 0.123 e. The fraction of sp³-hybridized carbons (Fsp3) is 0.357. The Morgan fingerprint density at radius 2 is 2.21 bits per heavy atom. The second-order valence-corrected chi connectivity index (χ2v) is 4.37. The molecular formula is C14H20N4O. The Hall–Kier alpha value is -1.85. The lowest BCUT2D eigenvalue weighted by Crippen LogP contribution is -2.29. The number of hydrazine groups is 1. The van der Waals surface area contributed by atoms with Crippen molar-refractivity contribution in [1.29, 1.82) is 0 Å². The minimum atomic E-state index is 0.00524. The molecule has 1 unspecified atom stereocenters. The van der Waals surface area contributed by atoms with Crippen molar-refractivity contribution >= 4 is 0 Å². The van der Waals surface area contributed by atoms with Gasteiger partial charge in [0.1, 0.15) is 5.75 Å². The zero-order valence-electron chi connectivity index (χ0n) is 11.3. The molecule has 0 aliphatic heterocycles. The van der Waals surface area contributed by atoms with E-state index >= 15 is 0 Å². The van der Waals surface area contributed by atoms with Crippen molar-refractivity contribution < 1.29 is 4.74 Å². The van der Waals surface area contributed by atoms with Crippen molar-refractivity contribution in [2.45, 2.75) is 25.9 Å². The van der Waals surface area contributed by atoms with Gasteiger partial charge in [-0.15, -0.1) is 0 Å². The number of nitrogens with one attached hydrogen (secondary N) is 1. The first-order valence-corrected chi connectivity index (χ1v) is 6.38. The molecule has 1 atom stereocenters. The van der Waals surface area contributed by atoms with Gasteiger partial charge >= 0.3 is 0 Å². The monoisotopic (exact) mass is 260 g/mol. The first-order valence-electron chi connectivity index (χ1n) is 6.38. The molecule has 1 heterocycles. The fourth-order valence-corrected chi connectivity index (χ4v) is 2.13. The summed E-state index contributed by atoms with van der Waals surface area (Å²) in [4.78, 5) is 0. The van der Waals surface area contributed by atoms with Gasteiger partial charge in [-0.05, 0) is 25.0 Å². The van der Waals surface area contributed by atoms with E-state index in [0.29, 0.717) is 0 Å². The third-order valence-corrected chi connectivity index (χ3v) is 3.17. The van der Waals surface area contributed by atoms with Gasteiger partial charge in [0.25, 0.3) is 0 Å². The molecule has 0 aliphatic rings. The van der Waals surface area contributed by atoms with Gasteiger partial charge in [0, 0.05) is 18.3 Å². The summed E-state index contributed by atoms with van der Waals surface area (Å²) < 4.78 is 7.28. The molecule has 2 aromatic rings. The third kappa shape index (κ3) is 3.13. The summed E-state index contributed by atoms with van der Waals surface area (Å²) in [5.41, 5.74) is 5.05. The zero-order valence-corrected chi connectivity index (χ0v) is 11.3. The summed E-state index contributed by atoms with van der Waals surface area (Å²) in [5, 5.41) is 4.28. The van der Waals surface area contributed by atoms with E-state index in [9.17, 15) is 0 Å².